The summed E-state index contributed by atoms with van der Waals surface area (Å²) in [5.41, 5.74) is 1.83. The molecule has 23 heavy (non-hydrogen) atoms. The molecule has 0 radical (unpaired) electrons. The van der Waals surface area contributed by atoms with Crippen molar-refractivity contribution in [3.05, 3.63) is 53.4 Å². The van der Waals surface area contributed by atoms with Crippen LogP contribution in [0.2, 0.25) is 0 Å². The molecule has 0 unspecified atom stereocenters. The number of aromatic amines is 1. The number of nitrogens with one attached hydrogen (secondary N) is 1. The van der Waals surface area contributed by atoms with Crippen LogP contribution in [0.15, 0.2) is 30.6 Å². The molecule has 3 rings (SSSR count). The van der Waals surface area contributed by atoms with Crippen molar-refractivity contribution >= 4 is 11.6 Å². The van der Waals surface area contributed by atoms with Gasteiger partial charge < -0.3 is 14.8 Å². The molecule has 2 aromatic rings. The molecule has 1 saturated heterocycles. The number of benzene rings is 1. The van der Waals surface area contributed by atoms with Gasteiger partial charge in [0.05, 0.1) is 11.3 Å². The summed E-state index contributed by atoms with van der Waals surface area (Å²) < 4.78 is 27.4. The van der Waals surface area contributed by atoms with E-state index in [0.29, 0.717) is 38.2 Å². The van der Waals surface area contributed by atoms with E-state index >= 15 is 0 Å². The van der Waals surface area contributed by atoms with E-state index in [1.54, 1.807) is 28.3 Å². The molecule has 2 heterocycles. The quantitative estimate of drug-likeness (QED) is 0.924. The summed E-state index contributed by atoms with van der Waals surface area (Å²) in [5.74, 6) is -1.69. The van der Waals surface area contributed by atoms with Crippen molar-refractivity contribution in [2.24, 2.45) is 0 Å². The Bertz CT molecular complexity index is 714. The molecular formula is C17H19F2N3O. The van der Waals surface area contributed by atoms with Gasteiger partial charge in [-0.1, -0.05) is 6.07 Å². The maximum Gasteiger partial charge on any atom is 0.255 e. The summed E-state index contributed by atoms with van der Waals surface area (Å²) in [5, 5.41) is 0. The van der Waals surface area contributed by atoms with Gasteiger partial charge in [-0.15, -0.1) is 0 Å². The Balaban J connectivity index is 1.74. The third-order valence-electron chi connectivity index (χ3n) is 4.24. The van der Waals surface area contributed by atoms with Crippen LogP contribution in [0.1, 0.15) is 22.3 Å². The molecule has 1 amide bonds. The van der Waals surface area contributed by atoms with Gasteiger partial charge in [0, 0.05) is 38.6 Å². The topological polar surface area (TPSA) is 39.3 Å². The largest absolute Gasteiger partial charge is 0.367 e. The Hall–Kier alpha value is -2.37. The van der Waals surface area contributed by atoms with Gasteiger partial charge >= 0.3 is 0 Å². The Kier molecular flexibility index (Phi) is 4.32. The minimum Gasteiger partial charge on any atom is -0.367 e. The lowest BCUT2D eigenvalue weighted by atomic mass is 10.2. The number of aryl methyl sites for hydroxylation is 1. The molecule has 0 spiro atoms. The number of amides is 1. The van der Waals surface area contributed by atoms with Crippen LogP contribution in [0.25, 0.3) is 0 Å². The van der Waals surface area contributed by atoms with Crippen LogP contribution in [0.4, 0.5) is 14.5 Å². The average molecular weight is 319 g/mol. The molecule has 1 aromatic carbocycles. The van der Waals surface area contributed by atoms with Gasteiger partial charge in [0.1, 0.15) is 0 Å². The summed E-state index contributed by atoms with van der Waals surface area (Å²) >= 11 is 0. The number of carbonyl (C=O) groups excluding carboxylic acids is 1. The van der Waals surface area contributed by atoms with Crippen LogP contribution >= 0.6 is 0 Å². The minimum absolute atomic E-state index is 0.0229. The van der Waals surface area contributed by atoms with Crippen molar-refractivity contribution in [2.75, 3.05) is 31.1 Å². The molecule has 1 fully saturated rings. The van der Waals surface area contributed by atoms with Crippen LogP contribution in [0.5, 0.6) is 0 Å². The van der Waals surface area contributed by atoms with Crippen molar-refractivity contribution in [3.8, 4) is 0 Å². The Labute approximate surface area is 133 Å². The highest BCUT2D eigenvalue weighted by Gasteiger charge is 2.23. The monoisotopic (exact) mass is 319 g/mol. The second-order valence-electron chi connectivity index (χ2n) is 5.76. The number of aromatic nitrogens is 1. The Morgan fingerprint density at radius 1 is 1.13 bits per heavy atom. The molecule has 1 aliphatic heterocycles. The number of rotatable bonds is 2. The third-order valence-corrected chi connectivity index (χ3v) is 4.24. The molecule has 0 saturated carbocycles. The van der Waals surface area contributed by atoms with Gasteiger partial charge in [-0.05, 0) is 31.0 Å². The van der Waals surface area contributed by atoms with Gasteiger partial charge in [-0.25, -0.2) is 8.78 Å². The lowest BCUT2D eigenvalue weighted by Crippen LogP contribution is -2.35. The summed E-state index contributed by atoms with van der Waals surface area (Å²) in [6, 6.07) is 4.19. The first-order chi connectivity index (χ1) is 11.1. The standard InChI is InChI=1S/C17H19F2N3O/c1-12-10-20-11-13(12)17(23)22-7-3-6-21(8-9-22)15-5-2-4-14(18)16(15)19/h2,4-5,10-11,20H,3,6-9H2,1H3. The predicted molar refractivity (Wildman–Crippen MR) is 84.6 cm³/mol. The van der Waals surface area contributed by atoms with Gasteiger partial charge in [0.2, 0.25) is 0 Å². The van der Waals surface area contributed by atoms with Gasteiger partial charge in [0.15, 0.2) is 11.6 Å². The third kappa shape index (κ3) is 3.06. The normalized spacial score (nSPS) is 15.6. The highest BCUT2D eigenvalue weighted by atomic mass is 19.2. The van der Waals surface area contributed by atoms with E-state index in [4.69, 9.17) is 0 Å². The fraction of sp³-hybridized carbons (Fsp3) is 0.353. The minimum atomic E-state index is -0.845. The Morgan fingerprint density at radius 2 is 1.96 bits per heavy atom. The summed E-state index contributed by atoms with van der Waals surface area (Å²) in [7, 11) is 0. The van der Waals surface area contributed by atoms with E-state index in [2.05, 4.69) is 4.98 Å². The molecule has 0 atom stereocenters. The van der Waals surface area contributed by atoms with E-state index in [-0.39, 0.29) is 11.6 Å². The SMILES string of the molecule is Cc1c[nH]cc1C(=O)N1CCCN(c2cccc(F)c2F)CC1. The number of hydrogen-bond acceptors (Lipinski definition) is 2. The predicted octanol–water partition coefficient (Wildman–Crippen LogP) is 2.95. The zero-order valence-electron chi connectivity index (χ0n) is 13.0. The molecule has 4 nitrogen and oxygen atoms in total. The fourth-order valence-electron chi connectivity index (χ4n) is 2.94. The molecule has 6 heteroatoms. The average Bonchev–Trinajstić information content (AvgIpc) is 2.82. The lowest BCUT2D eigenvalue weighted by Gasteiger charge is -2.24. The van der Waals surface area contributed by atoms with E-state index in [1.165, 1.54) is 6.07 Å². The molecule has 1 aliphatic rings. The number of anilines is 1. The zero-order valence-corrected chi connectivity index (χ0v) is 13.0. The first kappa shape index (κ1) is 15.5. The van der Waals surface area contributed by atoms with Gasteiger partial charge in [-0.3, -0.25) is 4.79 Å². The lowest BCUT2D eigenvalue weighted by molar-refractivity contribution is 0.0766. The highest BCUT2D eigenvalue weighted by molar-refractivity contribution is 5.95. The molecular weight excluding hydrogens is 300 g/mol. The molecule has 1 aromatic heterocycles. The highest BCUT2D eigenvalue weighted by Crippen LogP contribution is 2.23. The van der Waals surface area contributed by atoms with Crippen molar-refractivity contribution in [3.63, 3.8) is 0 Å². The maximum atomic E-state index is 13.9. The van der Waals surface area contributed by atoms with Gasteiger partial charge in [0.25, 0.3) is 5.91 Å². The summed E-state index contributed by atoms with van der Waals surface area (Å²) in [4.78, 5) is 19.1. The smallest absolute Gasteiger partial charge is 0.255 e. The molecule has 0 aliphatic carbocycles. The van der Waals surface area contributed by atoms with E-state index in [1.807, 2.05) is 6.92 Å². The first-order valence-corrected chi connectivity index (χ1v) is 7.69. The second kappa shape index (κ2) is 6.40. The second-order valence-corrected chi connectivity index (χ2v) is 5.76. The zero-order chi connectivity index (χ0) is 16.4. The number of hydrogen-bond donors (Lipinski definition) is 1. The summed E-state index contributed by atoms with van der Waals surface area (Å²) in [6.45, 7) is 4.05. The molecule has 1 N–H and O–H groups in total. The Morgan fingerprint density at radius 3 is 2.70 bits per heavy atom. The van der Waals surface area contributed by atoms with Gasteiger partial charge in [-0.2, -0.15) is 0 Å². The van der Waals surface area contributed by atoms with Crippen molar-refractivity contribution in [2.45, 2.75) is 13.3 Å². The number of halogens is 2. The molecule has 122 valence electrons. The summed E-state index contributed by atoms with van der Waals surface area (Å²) in [6.07, 6.45) is 4.21. The van der Waals surface area contributed by atoms with Crippen LogP contribution in [0.3, 0.4) is 0 Å². The maximum absolute atomic E-state index is 13.9. The van der Waals surface area contributed by atoms with E-state index < -0.39 is 11.6 Å². The first-order valence-electron chi connectivity index (χ1n) is 7.69. The van der Waals surface area contributed by atoms with Crippen molar-refractivity contribution < 1.29 is 13.6 Å². The molecule has 0 bridgehead atoms. The van der Waals surface area contributed by atoms with Crippen LogP contribution in [-0.4, -0.2) is 42.0 Å². The van der Waals surface area contributed by atoms with E-state index in [9.17, 15) is 13.6 Å². The number of H-pyrrole nitrogens is 1. The van der Waals surface area contributed by atoms with Crippen molar-refractivity contribution in [1.82, 2.24) is 9.88 Å². The number of carbonyl (C=O) groups is 1. The van der Waals surface area contributed by atoms with E-state index in [0.717, 1.165) is 11.6 Å². The number of nitrogens with zero attached hydrogens (tertiary/aromatic N) is 2. The van der Waals surface area contributed by atoms with Crippen LogP contribution in [-0.2, 0) is 0 Å². The van der Waals surface area contributed by atoms with Crippen LogP contribution in [0, 0.1) is 18.6 Å². The fourth-order valence-corrected chi connectivity index (χ4v) is 2.94. The van der Waals surface area contributed by atoms with Crippen LogP contribution < -0.4 is 4.90 Å². The van der Waals surface area contributed by atoms with Crippen molar-refractivity contribution in [1.29, 1.82) is 0 Å².